The van der Waals surface area contributed by atoms with Crippen LogP contribution in [0.5, 0.6) is 0 Å². The van der Waals surface area contributed by atoms with Crippen LogP contribution < -0.4 is 0 Å². The fourth-order valence-corrected chi connectivity index (χ4v) is 3.11. The summed E-state index contributed by atoms with van der Waals surface area (Å²) in [5.74, 6) is 0. The molecule has 1 N–H and O–H groups in total. The molecule has 0 aliphatic carbocycles. The molecule has 0 aliphatic heterocycles. The van der Waals surface area contributed by atoms with Gasteiger partial charge in [-0.2, -0.15) is 0 Å². The summed E-state index contributed by atoms with van der Waals surface area (Å²) in [6, 6.07) is 10.9. The van der Waals surface area contributed by atoms with Gasteiger partial charge in [-0.1, -0.05) is 46.4 Å². The van der Waals surface area contributed by atoms with Crippen molar-refractivity contribution in [2.24, 2.45) is 0 Å². The molecule has 0 saturated carbocycles. The Hall–Kier alpha value is -0.860. The lowest BCUT2D eigenvalue weighted by atomic mass is 10.1. The molecule has 0 amide bonds. The molecular formula is C14H7Cl4N. The largest absolute Gasteiger partial charge is 0.353 e. The van der Waals surface area contributed by atoms with Crippen molar-refractivity contribution in [1.29, 1.82) is 0 Å². The van der Waals surface area contributed by atoms with Gasteiger partial charge >= 0.3 is 0 Å². The molecule has 0 saturated heterocycles. The number of aromatic amines is 1. The minimum atomic E-state index is 0.585. The van der Waals surface area contributed by atoms with E-state index in [1.165, 1.54) is 0 Å². The van der Waals surface area contributed by atoms with Crippen LogP contribution >= 0.6 is 46.4 Å². The summed E-state index contributed by atoms with van der Waals surface area (Å²) < 4.78 is 0. The maximum absolute atomic E-state index is 6.16. The first-order chi connectivity index (χ1) is 9.02. The molecule has 0 radical (unpaired) electrons. The topological polar surface area (TPSA) is 15.8 Å². The second-order valence-corrected chi connectivity index (χ2v) is 5.91. The van der Waals surface area contributed by atoms with Gasteiger partial charge in [0.15, 0.2) is 0 Å². The maximum Gasteiger partial charge on any atom is 0.0661 e. The predicted octanol–water partition coefficient (Wildman–Crippen LogP) is 6.45. The van der Waals surface area contributed by atoms with Crippen LogP contribution in [-0.4, -0.2) is 4.98 Å². The second kappa shape index (κ2) is 4.92. The summed E-state index contributed by atoms with van der Waals surface area (Å²) in [7, 11) is 0. The number of nitrogens with one attached hydrogen (secondary N) is 1. The van der Waals surface area contributed by atoms with Crippen LogP contribution in [0, 0.1) is 0 Å². The van der Waals surface area contributed by atoms with Crippen LogP contribution in [0.4, 0.5) is 0 Å². The Balaban J connectivity index is 2.23. The zero-order valence-electron chi connectivity index (χ0n) is 9.48. The van der Waals surface area contributed by atoms with E-state index in [4.69, 9.17) is 46.4 Å². The highest BCUT2D eigenvalue weighted by atomic mass is 35.5. The molecule has 0 aliphatic rings. The normalized spacial score (nSPS) is 11.2. The van der Waals surface area contributed by atoms with E-state index in [9.17, 15) is 0 Å². The van der Waals surface area contributed by atoms with Gasteiger partial charge in [-0.05, 0) is 36.4 Å². The maximum atomic E-state index is 6.16. The molecule has 0 atom stereocenters. The Bertz CT molecular complexity index is 756. The number of rotatable bonds is 1. The first kappa shape index (κ1) is 13.1. The Morgan fingerprint density at radius 3 is 2.00 bits per heavy atom. The van der Waals surface area contributed by atoms with Crippen molar-refractivity contribution >= 4 is 57.3 Å². The molecule has 1 heterocycles. The highest BCUT2D eigenvalue weighted by molar-refractivity contribution is 6.38. The average molecular weight is 331 g/mol. The molecule has 3 rings (SSSR count). The fraction of sp³-hybridized carbons (Fsp3) is 0. The zero-order valence-corrected chi connectivity index (χ0v) is 12.5. The molecular weight excluding hydrogens is 324 g/mol. The van der Waals surface area contributed by atoms with Gasteiger partial charge in [0.1, 0.15) is 0 Å². The minimum Gasteiger partial charge on any atom is -0.353 e. The quantitative estimate of drug-likeness (QED) is 0.527. The third-order valence-electron chi connectivity index (χ3n) is 2.82. The molecule has 0 spiro atoms. The summed E-state index contributed by atoms with van der Waals surface area (Å²) in [4.78, 5) is 3.25. The molecule has 0 bridgehead atoms. The summed E-state index contributed by atoms with van der Waals surface area (Å²) >= 11 is 24.2. The van der Waals surface area contributed by atoms with Crippen molar-refractivity contribution in [1.82, 2.24) is 4.98 Å². The predicted molar refractivity (Wildman–Crippen MR) is 83.8 cm³/mol. The lowest BCUT2D eigenvalue weighted by molar-refractivity contribution is 1.45. The van der Waals surface area contributed by atoms with Gasteiger partial charge in [-0.3, -0.25) is 0 Å². The van der Waals surface area contributed by atoms with Crippen LogP contribution in [0.25, 0.3) is 22.2 Å². The molecule has 3 aromatic rings. The number of benzene rings is 2. The third-order valence-corrected chi connectivity index (χ3v) is 3.77. The second-order valence-electron chi connectivity index (χ2n) is 4.19. The number of hydrogen-bond acceptors (Lipinski definition) is 0. The Morgan fingerprint density at radius 1 is 0.684 bits per heavy atom. The molecule has 0 unspecified atom stereocenters. The fourth-order valence-electron chi connectivity index (χ4n) is 2.03. The van der Waals surface area contributed by atoms with Crippen molar-refractivity contribution in [3.8, 4) is 11.3 Å². The number of halogens is 4. The zero-order chi connectivity index (χ0) is 13.6. The van der Waals surface area contributed by atoms with Crippen LogP contribution in [0.3, 0.4) is 0 Å². The first-order valence-electron chi connectivity index (χ1n) is 5.47. The third kappa shape index (κ3) is 2.56. The monoisotopic (exact) mass is 329 g/mol. The van der Waals surface area contributed by atoms with Crippen molar-refractivity contribution < 1.29 is 0 Å². The van der Waals surface area contributed by atoms with E-state index in [1.807, 2.05) is 24.3 Å². The average Bonchev–Trinajstić information content (AvgIpc) is 2.71. The molecule has 2 aromatic carbocycles. The van der Waals surface area contributed by atoms with Gasteiger partial charge in [0.25, 0.3) is 0 Å². The van der Waals surface area contributed by atoms with Crippen LogP contribution in [0.15, 0.2) is 36.4 Å². The molecule has 96 valence electrons. The Kier molecular flexibility index (Phi) is 3.40. The van der Waals surface area contributed by atoms with Gasteiger partial charge in [0, 0.05) is 31.7 Å². The number of hydrogen-bond donors (Lipinski definition) is 1. The first-order valence-corrected chi connectivity index (χ1v) is 6.98. The highest BCUT2D eigenvalue weighted by Crippen LogP contribution is 2.33. The SMILES string of the molecule is Clc1cc(Cl)cc(-c2cc3cc(Cl)cc(Cl)c3[nH]2)c1. The summed E-state index contributed by atoms with van der Waals surface area (Å²) in [6.45, 7) is 0. The van der Waals surface area contributed by atoms with E-state index < -0.39 is 0 Å². The molecule has 0 fully saturated rings. The van der Waals surface area contributed by atoms with E-state index in [2.05, 4.69) is 4.98 Å². The summed E-state index contributed by atoms with van der Waals surface area (Å²) in [5.41, 5.74) is 2.64. The van der Waals surface area contributed by atoms with Crippen molar-refractivity contribution in [2.45, 2.75) is 0 Å². The van der Waals surface area contributed by atoms with E-state index in [-0.39, 0.29) is 0 Å². The van der Waals surface area contributed by atoms with Crippen molar-refractivity contribution in [3.05, 3.63) is 56.5 Å². The van der Waals surface area contributed by atoms with Gasteiger partial charge in [-0.15, -0.1) is 0 Å². The van der Waals surface area contributed by atoms with E-state index in [0.29, 0.717) is 20.1 Å². The van der Waals surface area contributed by atoms with Crippen LogP contribution in [0.1, 0.15) is 0 Å². The van der Waals surface area contributed by atoms with Crippen molar-refractivity contribution in [3.63, 3.8) is 0 Å². The van der Waals surface area contributed by atoms with Crippen molar-refractivity contribution in [2.75, 3.05) is 0 Å². The van der Waals surface area contributed by atoms with Gasteiger partial charge in [-0.25, -0.2) is 0 Å². The van der Waals surface area contributed by atoms with Gasteiger partial charge in [0.2, 0.25) is 0 Å². The lowest BCUT2D eigenvalue weighted by Gasteiger charge is -2.00. The molecule has 5 heteroatoms. The Labute approximate surface area is 130 Å². The van der Waals surface area contributed by atoms with Crippen LogP contribution in [0.2, 0.25) is 20.1 Å². The number of H-pyrrole nitrogens is 1. The van der Waals surface area contributed by atoms with E-state index >= 15 is 0 Å². The molecule has 1 nitrogen and oxygen atoms in total. The smallest absolute Gasteiger partial charge is 0.0661 e. The van der Waals surface area contributed by atoms with Gasteiger partial charge in [0.05, 0.1) is 10.5 Å². The molecule has 1 aromatic heterocycles. The summed E-state index contributed by atoms with van der Waals surface area (Å²) in [6.07, 6.45) is 0. The number of fused-ring (bicyclic) bond motifs is 1. The van der Waals surface area contributed by atoms with E-state index in [1.54, 1.807) is 12.1 Å². The Morgan fingerprint density at radius 2 is 1.32 bits per heavy atom. The van der Waals surface area contributed by atoms with E-state index in [0.717, 1.165) is 22.2 Å². The summed E-state index contributed by atoms with van der Waals surface area (Å²) in [5, 5.41) is 3.31. The highest BCUT2D eigenvalue weighted by Gasteiger charge is 2.09. The standard InChI is InChI=1S/C14H7Cl4N/c15-9-1-7(2-10(16)5-9)13-4-8-3-11(17)6-12(18)14(8)19-13/h1-6,19H. The molecule has 19 heavy (non-hydrogen) atoms. The minimum absolute atomic E-state index is 0.585. The lowest BCUT2D eigenvalue weighted by Crippen LogP contribution is -1.78. The van der Waals surface area contributed by atoms with Gasteiger partial charge < -0.3 is 4.98 Å². The number of aromatic nitrogens is 1. The van der Waals surface area contributed by atoms with Crippen LogP contribution in [-0.2, 0) is 0 Å².